The molecule has 0 spiro atoms. The third-order valence-electron chi connectivity index (χ3n) is 4.64. The van der Waals surface area contributed by atoms with E-state index < -0.39 is 15.7 Å². The number of rotatable bonds is 4. The van der Waals surface area contributed by atoms with Gasteiger partial charge in [-0.05, 0) is 44.2 Å². The molecule has 2 atom stereocenters. The van der Waals surface area contributed by atoms with E-state index in [0.29, 0.717) is 24.3 Å². The van der Waals surface area contributed by atoms with Crippen LogP contribution in [0.15, 0.2) is 53.4 Å². The van der Waals surface area contributed by atoms with E-state index in [2.05, 4.69) is 5.32 Å². The van der Waals surface area contributed by atoms with Gasteiger partial charge in [0.2, 0.25) is 0 Å². The SMILES string of the molecule is CC1CN(C(=O)c2ccccc2NC(=O)c2cccc(S(C)(=O)=O)c2)CC(C)O1. The molecule has 29 heavy (non-hydrogen) atoms. The van der Waals surface area contributed by atoms with E-state index in [0.717, 1.165) is 6.26 Å². The zero-order valence-corrected chi connectivity index (χ0v) is 17.4. The summed E-state index contributed by atoms with van der Waals surface area (Å²) in [5.41, 5.74) is 0.948. The van der Waals surface area contributed by atoms with Crippen LogP contribution >= 0.6 is 0 Å². The summed E-state index contributed by atoms with van der Waals surface area (Å²) in [6.07, 6.45) is 0.953. The predicted molar refractivity (Wildman–Crippen MR) is 110 cm³/mol. The van der Waals surface area contributed by atoms with Gasteiger partial charge in [-0.15, -0.1) is 0 Å². The molecule has 0 radical (unpaired) electrons. The number of benzene rings is 2. The molecule has 1 fully saturated rings. The van der Waals surface area contributed by atoms with Gasteiger partial charge in [0, 0.05) is 24.9 Å². The van der Waals surface area contributed by atoms with Crippen LogP contribution in [0.4, 0.5) is 5.69 Å². The van der Waals surface area contributed by atoms with Crippen molar-refractivity contribution in [3.05, 3.63) is 59.7 Å². The Labute approximate surface area is 170 Å². The molecule has 1 N–H and O–H groups in total. The van der Waals surface area contributed by atoms with Gasteiger partial charge in [-0.1, -0.05) is 18.2 Å². The first kappa shape index (κ1) is 21.0. The van der Waals surface area contributed by atoms with Gasteiger partial charge in [0.05, 0.1) is 28.4 Å². The van der Waals surface area contributed by atoms with Crippen LogP contribution in [0.2, 0.25) is 0 Å². The maximum Gasteiger partial charge on any atom is 0.256 e. The normalized spacial score (nSPS) is 19.6. The van der Waals surface area contributed by atoms with Crippen LogP contribution in [0.3, 0.4) is 0 Å². The van der Waals surface area contributed by atoms with E-state index in [1.165, 1.54) is 24.3 Å². The van der Waals surface area contributed by atoms with Crippen molar-refractivity contribution in [2.45, 2.75) is 31.0 Å². The molecular weight excluding hydrogens is 392 g/mol. The van der Waals surface area contributed by atoms with Gasteiger partial charge in [-0.3, -0.25) is 9.59 Å². The number of hydrogen-bond donors (Lipinski definition) is 1. The van der Waals surface area contributed by atoms with Gasteiger partial charge in [0.15, 0.2) is 9.84 Å². The number of sulfone groups is 1. The molecule has 0 bridgehead atoms. The van der Waals surface area contributed by atoms with Crippen molar-refractivity contribution in [3.8, 4) is 0 Å². The fraction of sp³-hybridized carbons (Fsp3) is 0.333. The van der Waals surface area contributed by atoms with Crippen LogP contribution in [-0.4, -0.2) is 56.7 Å². The lowest BCUT2D eigenvalue weighted by molar-refractivity contribution is -0.0585. The monoisotopic (exact) mass is 416 g/mol. The van der Waals surface area contributed by atoms with E-state index in [-0.39, 0.29) is 28.6 Å². The highest BCUT2D eigenvalue weighted by Gasteiger charge is 2.28. The second kappa shape index (κ2) is 8.34. The summed E-state index contributed by atoms with van der Waals surface area (Å²) in [6, 6.07) is 12.6. The zero-order chi connectivity index (χ0) is 21.2. The van der Waals surface area contributed by atoms with Crippen LogP contribution in [0.5, 0.6) is 0 Å². The summed E-state index contributed by atoms with van der Waals surface area (Å²) in [5, 5.41) is 2.74. The van der Waals surface area contributed by atoms with Gasteiger partial charge in [0.25, 0.3) is 11.8 Å². The second-order valence-electron chi connectivity index (χ2n) is 7.27. The Hall–Kier alpha value is -2.71. The highest BCUT2D eigenvalue weighted by atomic mass is 32.2. The first-order valence-corrected chi connectivity index (χ1v) is 11.2. The highest BCUT2D eigenvalue weighted by Crippen LogP contribution is 2.21. The number of ether oxygens (including phenoxy) is 1. The standard InChI is InChI=1S/C21H24N2O5S/c1-14-12-23(13-15(2)28-14)21(25)18-9-4-5-10-19(18)22-20(24)16-7-6-8-17(11-16)29(3,26)27/h4-11,14-15H,12-13H2,1-3H3,(H,22,24). The topological polar surface area (TPSA) is 92.8 Å². The average Bonchev–Trinajstić information content (AvgIpc) is 2.66. The predicted octanol–water partition coefficient (Wildman–Crippen LogP) is 2.59. The quantitative estimate of drug-likeness (QED) is 0.827. The average molecular weight is 416 g/mol. The molecule has 1 heterocycles. The van der Waals surface area contributed by atoms with Crippen LogP contribution in [0.25, 0.3) is 0 Å². The number of hydrogen-bond acceptors (Lipinski definition) is 5. The maximum absolute atomic E-state index is 13.1. The van der Waals surface area contributed by atoms with E-state index in [1.54, 1.807) is 29.2 Å². The van der Waals surface area contributed by atoms with Crippen LogP contribution < -0.4 is 5.32 Å². The van der Waals surface area contributed by atoms with Crippen molar-refractivity contribution in [2.75, 3.05) is 24.7 Å². The van der Waals surface area contributed by atoms with Gasteiger partial charge >= 0.3 is 0 Å². The van der Waals surface area contributed by atoms with E-state index in [4.69, 9.17) is 4.74 Å². The Balaban J connectivity index is 1.84. The lowest BCUT2D eigenvalue weighted by Crippen LogP contribution is -2.48. The van der Waals surface area contributed by atoms with Crippen molar-refractivity contribution in [1.29, 1.82) is 0 Å². The number of para-hydroxylation sites is 1. The number of carbonyl (C=O) groups is 2. The van der Waals surface area contributed by atoms with Crippen LogP contribution in [-0.2, 0) is 14.6 Å². The molecule has 7 nitrogen and oxygen atoms in total. The smallest absolute Gasteiger partial charge is 0.256 e. The highest BCUT2D eigenvalue weighted by molar-refractivity contribution is 7.90. The number of nitrogens with one attached hydrogen (secondary N) is 1. The van der Waals surface area contributed by atoms with Crippen molar-refractivity contribution < 1.29 is 22.7 Å². The molecule has 0 aromatic heterocycles. The lowest BCUT2D eigenvalue weighted by Gasteiger charge is -2.35. The molecule has 154 valence electrons. The Bertz CT molecular complexity index is 1020. The van der Waals surface area contributed by atoms with Crippen molar-refractivity contribution in [3.63, 3.8) is 0 Å². The minimum absolute atomic E-state index is 0.0609. The Morgan fingerprint density at radius 3 is 2.34 bits per heavy atom. The second-order valence-corrected chi connectivity index (χ2v) is 9.28. The largest absolute Gasteiger partial charge is 0.372 e. The zero-order valence-electron chi connectivity index (χ0n) is 16.6. The number of carbonyl (C=O) groups excluding carboxylic acids is 2. The molecular formula is C21H24N2O5S. The molecule has 3 rings (SSSR count). The first-order valence-electron chi connectivity index (χ1n) is 9.30. The molecule has 8 heteroatoms. The molecule has 0 aliphatic carbocycles. The molecule has 2 aromatic rings. The van der Waals surface area contributed by atoms with E-state index >= 15 is 0 Å². The fourth-order valence-electron chi connectivity index (χ4n) is 3.36. The number of anilines is 1. The first-order chi connectivity index (χ1) is 13.6. The summed E-state index contributed by atoms with van der Waals surface area (Å²) < 4.78 is 29.2. The minimum atomic E-state index is -3.43. The molecule has 0 saturated carbocycles. The molecule has 2 aromatic carbocycles. The van der Waals surface area contributed by atoms with Crippen molar-refractivity contribution in [2.24, 2.45) is 0 Å². The third kappa shape index (κ3) is 5.02. The minimum Gasteiger partial charge on any atom is -0.372 e. The summed E-state index contributed by atoms with van der Waals surface area (Å²) >= 11 is 0. The van der Waals surface area contributed by atoms with E-state index in [1.807, 2.05) is 13.8 Å². The fourth-order valence-corrected chi connectivity index (χ4v) is 4.02. The van der Waals surface area contributed by atoms with Crippen molar-refractivity contribution >= 4 is 27.3 Å². The number of amides is 2. The summed E-state index contributed by atoms with van der Waals surface area (Å²) in [7, 11) is -3.43. The van der Waals surface area contributed by atoms with Gasteiger partial charge in [0.1, 0.15) is 0 Å². The molecule has 2 amide bonds. The summed E-state index contributed by atoms with van der Waals surface area (Å²) in [4.78, 5) is 27.5. The molecule has 1 aliphatic heterocycles. The summed E-state index contributed by atoms with van der Waals surface area (Å²) in [6.45, 7) is 4.78. The van der Waals surface area contributed by atoms with E-state index in [9.17, 15) is 18.0 Å². The van der Waals surface area contributed by atoms with Gasteiger partial charge in [-0.25, -0.2) is 8.42 Å². The Morgan fingerprint density at radius 1 is 1.03 bits per heavy atom. The molecule has 1 saturated heterocycles. The number of morpholine rings is 1. The maximum atomic E-state index is 13.1. The number of nitrogens with zero attached hydrogens (tertiary/aromatic N) is 1. The molecule has 1 aliphatic rings. The van der Waals surface area contributed by atoms with Crippen LogP contribution in [0.1, 0.15) is 34.6 Å². The van der Waals surface area contributed by atoms with Gasteiger partial charge < -0.3 is 15.0 Å². The Kier molecular flexibility index (Phi) is 6.04. The van der Waals surface area contributed by atoms with Crippen LogP contribution in [0, 0.1) is 0 Å². The molecule has 2 unspecified atom stereocenters. The Morgan fingerprint density at radius 2 is 1.69 bits per heavy atom. The summed E-state index contributed by atoms with van der Waals surface area (Å²) in [5.74, 6) is -0.674. The van der Waals surface area contributed by atoms with Gasteiger partial charge in [-0.2, -0.15) is 0 Å². The van der Waals surface area contributed by atoms with Crippen molar-refractivity contribution in [1.82, 2.24) is 4.90 Å². The lowest BCUT2D eigenvalue weighted by atomic mass is 10.1. The third-order valence-corrected chi connectivity index (χ3v) is 5.75.